The molecule has 0 aliphatic carbocycles. The molecule has 0 aliphatic rings. The Kier molecular flexibility index (Phi) is 4.64. The van der Waals surface area contributed by atoms with Gasteiger partial charge in [-0.1, -0.05) is 60.1 Å². The number of anilines is 1. The first kappa shape index (κ1) is 15.9. The average molecular weight is 366 g/mol. The topological polar surface area (TPSA) is 41.8 Å². The number of rotatable bonds is 2. The van der Waals surface area contributed by atoms with Crippen LogP contribution in [0.1, 0.15) is 25.5 Å². The van der Waals surface area contributed by atoms with Crippen LogP contribution in [0.25, 0.3) is 21.9 Å². The van der Waals surface area contributed by atoms with Gasteiger partial charge in [-0.05, 0) is 29.2 Å². The van der Waals surface area contributed by atoms with Gasteiger partial charge >= 0.3 is 0 Å². The minimum atomic E-state index is 0. The molecule has 0 aliphatic heterocycles. The van der Waals surface area contributed by atoms with E-state index in [-0.39, 0.29) is 12.4 Å². The maximum Gasteiger partial charge on any atom is 0.109 e. The summed E-state index contributed by atoms with van der Waals surface area (Å²) >= 11 is 3.53. The zero-order valence-electron chi connectivity index (χ0n) is 12.0. The quantitative estimate of drug-likeness (QED) is 0.598. The molecule has 3 rings (SSSR count). The van der Waals surface area contributed by atoms with Crippen molar-refractivity contribution in [3.8, 4) is 11.1 Å². The molecule has 0 radical (unpaired) electrons. The molecular weight excluding hydrogens is 348 g/mol. The van der Waals surface area contributed by atoms with Crippen LogP contribution in [0.4, 0.5) is 5.82 Å². The summed E-state index contributed by atoms with van der Waals surface area (Å²) in [6, 6.07) is 14.7. The highest BCUT2D eigenvalue weighted by Gasteiger charge is 2.14. The number of aromatic amines is 1. The summed E-state index contributed by atoms with van der Waals surface area (Å²) in [7, 11) is 0. The maximum absolute atomic E-state index is 6.22. The van der Waals surface area contributed by atoms with E-state index in [9.17, 15) is 0 Å². The summed E-state index contributed by atoms with van der Waals surface area (Å²) < 4.78 is 1.07. The predicted molar refractivity (Wildman–Crippen MR) is 97.2 cm³/mol. The van der Waals surface area contributed by atoms with E-state index in [2.05, 4.69) is 65.1 Å². The number of nitrogens with two attached hydrogens (primary N) is 1. The number of benzene rings is 2. The van der Waals surface area contributed by atoms with E-state index in [1.54, 1.807) is 0 Å². The summed E-state index contributed by atoms with van der Waals surface area (Å²) in [5.74, 6) is 1.17. The Morgan fingerprint density at radius 1 is 1.10 bits per heavy atom. The number of fused-ring (bicyclic) bond motifs is 1. The van der Waals surface area contributed by atoms with Gasteiger partial charge in [-0.25, -0.2) is 0 Å². The van der Waals surface area contributed by atoms with Crippen molar-refractivity contribution >= 4 is 44.9 Å². The summed E-state index contributed by atoms with van der Waals surface area (Å²) in [6.07, 6.45) is 0. The third kappa shape index (κ3) is 2.81. The van der Waals surface area contributed by atoms with E-state index in [0.29, 0.717) is 5.92 Å². The highest BCUT2D eigenvalue weighted by Crippen LogP contribution is 2.37. The van der Waals surface area contributed by atoms with Gasteiger partial charge in [0, 0.05) is 20.9 Å². The molecule has 1 heterocycles. The van der Waals surface area contributed by atoms with Crippen LogP contribution >= 0.6 is 28.3 Å². The second kappa shape index (κ2) is 6.12. The molecule has 0 spiro atoms. The van der Waals surface area contributed by atoms with Crippen LogP contribution in [-0.4, -0.2) is 4.98 Å². The lowest BCUT2D eigenvalue weighted by Crippen LogP contribution is -1.89. The molecule has 21 heavy (non-hydrogen) atoms. The minimum absolute atomic E-state index is 0. The van der Waals surface area contributed by atoms with Crippen molar-refractivity contribution in [1.29, 1.82) is 0 Å². The van der Waals surface area contributed by atoms with Gasteiger partial charge in [0.2, 0.25) is 0 Å². The van der Waals surface area contributed by atoms with Gasteiger partial charge in [-0.2, -0.15) is 0 Å². The van der Waals surface area contributed by atoms with Gasteiger partial charge in [0.05, 0.1) is 0 Å². The SMILES string of the molecule is CC(C)c1[nH]c(N)c2c(-c3cccc(Br)c3)cccc12.Cl. The van der Waals surface area contributed by atoms with Crippen LogP contribution in [0, 0.1) is 0 Å². The number of nitrogens with one attached hydrogen (secondary N) is 1. The Labute approximate surface area is 139 Å². The molecule has 0 fully saturated rings. The molecule has 2 nitrogen and oxygen atoms in total. The first-order valence-corrected chi connectivity index (χ1v) is 7.53. The predicted octanol–water partition coefficient (Wildman–Crippen LogP) is 5.72. The van der Waals surface area contributed by atoms with Crippen LogP contribution in [0.3, 0.4) is 0 Å². The number of halogens is 2. The average Bonchev–Trinajstić information content (AvgIpc) is 2.77. The smallest absolute Gasteiger partial charge is 0.109 e. The van der Waals surface area contributed by atoms with Crippen LogP contribution in [0.15, 0.2) is 46.9 Å². The first-order valence-electron chi connectivity index (χ1n) is 6.74. The highest BCUT2D eigenvalue weighted by molar-refractivity contribution is 9.10. The van der Waals surface area contributed by atoms with Gasteiger partial charge in [-0.15, -0.1) is 12.4 Å². The summed E-state index contributed by atoms with van der Waals surface area (Å²) in [4.78, 5) is 3.34. The number of nitrogen functional groups attached to an aromatic ring is 1. The molecule has 3 N–H and O–H groups in total. The molecule has 110 valence electrons. The van der Waals surface area contributed by atoms with Gasteiger partial charge in [0.15, 0.2) is 0 Å². The van der Waals surface area contributed by atoms with Crippen molar-refractivity contribution in [3.05, 3.63) is 52.6 Å². The molecule has 0 amide bonds. The number of H-pyrrole nitrogens is 1. The lowest BCUT2D eigenvalue weighted by atomic mass is 9.98. The van der Waals surface area contributed by atoms with Crippen molar-refractivity contribution in [2.24, 2.45) is 0 Å². The Morgan fingerprint density at radius 3 is 2.48 bits per heavy atom. The second-order valence-electron chi connectivity index (χ2n) is 5.35. The van der Waals surface area contributed by atoms with E-state index in [0.717, 1.165) is 15.7 Å². The van der Waals surface area contributed by atoms with Gasteiger partial charge in [0.25, 0.3) is 0 Å². The van der Waals surface area contributed by atoms with Crippen molar-refractivity contribution in [1.82, 2.24) is 4.98 Å². The third-order valence-electron chi connectivity index (χ3n) is 3.61. The normalized spacial score (nSPS) is 10.9. The van der Waals surface area contributed by atoms with E-state index < -0.39 is 0 Å². The molecule has 0 saturated heterocycles. The Balaban J connectivity index is 0.00000161. The van der Waals surface area contributed by atoms with Crippen molar-refractivity contribution in [3.63, 3.8) is 0 Å². The van der Waals surface area contributed by atoms with Gasteiger partial charge in [0.1, 0.15) is 5.82 Å². The zero-order chi connectivity index (χ0) is 14.3. The van der Waals surface area contributed by atoms with Crippen molar-refractivity contribution in [2.75, 3.05) is 5.73 Å². The third-order valence-corrected chi connectivity index (χ3v) is 4.10. The lowest BCUT2D eigenvalue weighted by Gasteiger charge is -2.06. The number of aromatic nitrogens is 1. The monoisotopic (exact) mass is 364 g/mol. The molecule has 1 aromatic heterocycles. The molecule has 0 bridgehead atoms. The van der Waals surface area contributed by atoms with Crippen LogP contribution in [0.5, 0.6) is 0 Å². The molecule has 4 heteroatoms. The summed E-state index contributed by atoms with van der Waals surface area (Å²) in [6.45, 7) is 4.35. The van der Waals surface area contributed by atoms with Gasteiger partial charge < -0.3 is 10.7 Å². The van der Waals surface area contributed by atoms with E-state index in [4.69, 9.17) is 5.73 Å². The molecular formula is C17H18BrClN2. The maximum atomic E-state index is 6.22. The number of hydrogen-bond acceptors (Lipinski definition) is 1. The van der Waals surface area contributed by atoms with Crippen LogP contribution in [-0.2, 0) is 0 Å². The molecule has 0 unspecified atom stereocenters. The largest absolute Gasteiger partial charge is 0.385 e. The fourth-order valence-corrected chi connectivity index (χ4v) is 3.09. The Morgan fingerprint density at radius 2 is 1.81 bits per heavy atom. The Bertz CT molecular complexity index is 778. The zero-order valence-corrected chi connectivity index (χ0v) is 14.4. The fourth-order valence-electron chi connectivity index (χ4n) is 2.69. The van der Waals surface area contributed by atoms with Crippen molar-refractivity contribution < 1.29 is 0 Å². The van der Waals surface area contributed by atoms with Crippen LogP contribution < -0.4 is 5.73 Å². The molecule has 0 saturated carbocycles. The second-order valence-corrected chi connectivity index (χ2v) is 6.26. The molecule has 3 aromatic rings. The Hall–Kier alpha value is -1.45. The summed E-state index contributed by atoms with van der Waals surface area (Å²) in [5, 5.41) is 2.34. The first-order chi connectivity index (χ1) is 9.58. The van der Waals surface area contributed by atoms with Crippen LogP contribution in [0.2, 0.25) is 0 Å². The summed E-state index contributed by atoms with van der Waals surface area (Å²) in [5.41, 5.74) is 9.77. The standard InChI is InChI=1S/C17H17BrN2.ClH/c1-10(2)16-14-8-4-7-13(15(14)17(19)20-16)11-5-3-6-12(18)9-11;/h3-10,20H,19H2,1-2H3;1H. The number of hydrogen-bond donors (Lipinski definition) is 2. The molecule has 2 aromatic carbocycles. The van der Waals surface area contributed by atoms with Crippen molar-refractivity contribution in [2.45, 2.75) is 19.8 Å². The highest BCUT2D eigenvalue weighted by atomic mass is 79.9. The molecule has 0 atom stereocenters. The van der Waals surface area contributed by atoms with Gasteiger partial charge in [-0.3, -0.25) is 0 Å². The van der Waals surface area contributed by atoms with E-state index >= 15 is 0 Å². The fraction of sp³-hybridized carbons (Fsp3) is 0.176. The van der Waals surface area contributed by atoms with E-state index in [1.165, 1.54) is 22.2 Å². The van der Waals surface area contributed by atoms with E-state index in [1.807, 2.05) is 12.1 Å². The minimum Gasteiger partial charge on any atom is -0.385 e. The lowest BCUT2D eigenvalue weighted by molar-refractivity contribution is 0.842.